The van der Waals surface area contributed by atoms with Crippen molar-refractivity contribution in [2.75, 3.05) is 37.9 Å². The van der Waals surface area contributed by atoms with Crippen molar-refractivity contribution < 1.29 is 93.9 Å². The summed E-state index contributed by atoms with van der Waals surface area (Å²) in [6.07, 6.45) is 10.9. The molecule has 2 saturated heterocycles. The summed E-state index contributed by atoms with van der Waals surface area (Å²) >= 11 is 0. The van der Waals surface area contributed by atoms with E-state index in [0.29, 0.717) is 83.0 Å². The third-order valence-electron chi connectivity index (χ3n) is 21.8. The summed E-state index contributed by atoms with van der Waals surface area (Å²) in [7, 11) is -5.94. The minimum absolute atomic E-state index is 0.000334. The van der Waals surface area contributed by atoms with Crippen LogP contribution in [0.2, 0.25) is 0 Å². The van der Waals surface area contributed by atoms with Gasteiger partial charge in [0.25, 0.3) is 31.9 Å². The van der Waals surface area contributed by atoms with E-state index in [9.17, 15) is 60.0 Å². The summed E-state index contributed by atoms with van der Waals surface area (Å²) in [4.78, 5) is 127. The van der Waals surface area contributed by atoms with Crippen molar-refractivity contribution in [3.63, 3.8) is 0 Å². The fourth-order valence-electron chi connectivity index (χ4n) is 15.1. The topological polar surface area (TPSA) is 422 Å². The number of carboxylic acid groups (broad SMARTS) is 2. The number of anilines is 2. The molecule has 0 radical (unpaired) electrons. The van der Waals surface area contributed by atoms with Crippen LogP contribution in [-0.2, 0) is 63.1 Å². The normalized spacial score (nSPS) is 19.5. The van der Waals surface area contributed by atoms with E-state index < -0.39 is 120 Å². The number of rotatable bonds is 40. The number of fused-ring (bicyclic) bond motifs is 2. The van der Waals surface area contributed by atoms with E-state index in [-0.39, 0.29) is 85.0 Å². The first-order valence-electron chi connectivity index (χ1n) is 41.2. The number of amides is 7. The Labute approximate surface area is 715 Å². The molecule has 0 spiro atoms. The molecular weight excluding hydrogens is 1620 g/mol. The smallest absolute Gasteiger partial charge is 0.411 e. The number of pyridine rings is 2. The maximum Gasteiger partial charge on any atom is 0.411 e. The molecule has 7 amide bonds. The van der Waals surface area contributed by atoms with Gasteiger partial charge in [0.05, 0.1) is 60.6 Å². The van der Waals surface area contributed by atoms with Crippen LogP contribution < -0.4 is 55.0 Å². The molecule has 2 aliphatic heterocycles. The zero-order valence-electron chi connectivity index (χ0n) is 69.5. The number of ether oxygens (including phenoxy) is 5. The Bertz CT molecular complexity index is 5460. The largest absolute Gasteiger partial charge is 0.497 e. The van der Waals surface area contributed by atoms with Crippen molar-refractivity contribution in [2.45, 2.75) is 200 Å². The Balaban J connectivity index is 0.000000241. The second kappa shape index (κ2) is 41.1. The number of carboxylic acids is 2. The number of methoxy groups -OCH3 is 2. The number of nitrogens with zero attached hydrogens (tertiary/aromatic N) is 3. The van der Waals surface area contributed by atoms with Crippen LogP contribution in [0.5, 0.6) is 23.0 Å². The second-order valence-corrected chi connectivity index (χ2v) is 35.4. The van der Waals surface area contributed by atoms with E-state index in [1.54, 1.807) is 65.3 Å². The molecule has 123 heavy (non-hydrogen) atoms. The van der Waals surface area contributed by atoms with Crippen LogP contribution in [0.4, 0.5) is 16.2 Å². The number of likely N-dealkylation sites (tertiary alicyclic amines) is 1. The number of aliphatic carboxylic acids is 2. The molecule has 4 heterocycles. The van der Waals surface area contributed by atoms with Crippen LogP contribution in [-0.4, -0.2) is 164 Å². The molecule has 9 N–H and O–H groups in total. The number of nitrogens with one attached hydrogen (secondary N) is 7. The van der Waals surface area contributed by atoms with E-state index in [1.807, 2.05) is 91.0 Å². The van der Waals surface area contributed by atoms with Gasteiger partial charge in [-0.2, -0.15) is 0 Å². The van der Waals surface area contributed by atoms with E-state index in [2.05, 4.69) is 49.2 Å². The molecule has 4 aliphatic rings. The zero-order chi connectivity index (χ0) is 88.2. The number of hydrogen-bond donors (Lipinski definition) is 9. The predicted molar refractivity (Wildman–Crippen MR) is 462 cm³/mol. The highest BCUT2D eigenvalue weighted by atomic mass is 32.2. The first-order valence-corrected chi connectivity index (χ1v) is 44.2. The summed E-state index contributed by atoms with van der Waals surface area (Å²) in [5, 5.41) is 33.1. The second-order valence-electron chi connectivity index (χ2n) is 32.1. The molecule has 32 heteroatoms. The number of hydrogen-bond acceptors (Lipinski definition) is 21. The van der Waals surface area contributed by atoms with E-state index in [0.717, 1.165) is 67.9 Å². The average Bonchev–Trinajstić information content (AvgIpc) is 1.58. The lowest BCUT2D eigenvalue weighted by Gasteiger charge is -2.29. The molecule has 6 aromatic carbocycles. The van der Waals surface area contributed by atoms with Crippen molar-refractivity contribution >= 4 is 107 Å². The molecule has 0 unspecified atom stereocenters. The summed E-state index contributed by atoms with van der Waals surface area (Å²) < 4.78 is 89.0. The van der Waals surface area contributed by atoms with Gasteiger partial charge in [-0.3, -0.25) is 43.3 Å². The fourth-order valence-corrected chi connectivity index (χ4v) is 17.5. The molecule has 12 rings (SSSR count). The summed E-state index contributed by atoms with van der Waals surface area (Å²) in [5.74, 6) is -4.41. The Morgan fingerprint density at radius 2 is 0.927 bits per heavy atom. The third kappa shape index (κ3) is 24.1. The van der Waals surface area contributed by atoms with E-state index in [1.165, 1.54) is 53.5 Å². The van der Waals surface area contributed by atoms with Gasteiger partial charge in [0.1, 0.15) is 67.7 Å². The molecule has 652 valence electrons. The highest BCUT2D eigenvalue weighted by molar-refractivity contribution is 7.90. The first-order chi connectivity index (χ1) is 58.8. The van der Waals surface area contributed by atoms with Crippen LogP contribution in [0.1, 0.15) is 149 Å². The van der Waals surface area contributed by atoms with Gasteiger partial charge in [-0.1, -0.05) is 148 Å². The summed E-state index contributed by atoms with van der Waals surface area (Å²) in [5.41, 5.74) is 0.196. The van der Waals surface area contributed by atoms with Crippen LogP contribution in [0.3, 0.4) is 0 Å². The number of carbonyl (C=O) groups excluding carboxylic acids is 7. The number of para-hydroxylation sites is 2. The maximum absolute atomic E-state index is 14.4. The van der Waals surface area contributed by atoms with Gasteiger partial charge in [0.15, 0.2) is 0 Å². The molecule has 8 aromatic rings. The van der Waals surface area contributed by atoms with Gasteiger partial charge < -0.3 is 60.5 Å². The summed E-state index contributed by atoms with van der Waals surface area (Å²) in [6, 6.07) is 43.4. The number of sulfonamides is 2. The number of aromatic nitrogens is 2. The van der Waals surface area contributed by atoms with Gasteiger partial charge in [0.2, 0.25) is 23.6 Å². The Kier molecular flexibility index (Phi) is 30.5. The van der Waals surface area contributed by atoms with Gasteiger partial charge in [-0.05, 0) is 108 Å². The van der Waals surface area contributed by atoms with Crippen LogP contribution in [0.25, 0.3) is 44.3 Å². The minimum atomic E-state index is -4.60. The standard InChI is InChI=1S/C48H57N5O11S.C43H49N5O9S/c1-6-32-29-48(32,45(58)52-65(60,61)41-21-17-16-20-36(41)50-42(54)22-14-9-7-8-10-15-23-43(55)56)51-44(57)39-27-34(30-53(39)46(59)64-47(2,3)4)63-40-28-37(31-18-12-11-13-19-31)49-38-26-33(62-5)24-25-35(38)40;1-3-29-26-43(29,42(53)48-58(54,55)38-18-14-13-17-33(38)46-39(49)19-11-6-4-5-7-12-20-40(50)51)47-41(52)36-24-31(27-44-36)57-37-25-34(28-15-9-8-10-16-28)45-35-23-30(56-2)21-22-32(35)37/h6,11-13,16-21,24-26,28,32,34,39H,1,7-10,14-15,22-23,27,29-30H2,2-5H3,(H,50,54)(H,51,57)(H,52,58)(H,55,56);3,8-10,13-18,21-23,25,29,31,36,44H,1,4-7,11-12,19-20,24,26-27H2,2H3,(H,46,49)(H,47,52)(H,48,53)(H,50,51)/t32-,34-,39+,48-;29-,31-,36+,43-/m11/s1. The molecule has 30 nitrogen and oxygen atoms in total. The van der Waals surface area contributed by atoms with E-state index >= 15 is 0 Å². The molecule has 4 fully saturated rings. The van der Waals surface area contributed by atoms with Crippen molar-refractivity contribution in [3.05, 3.63) is 183 Å². The molecule has 2 aliphatic carbocycles. The van der Waals surface area contributed by atoms with Crippen LogP contribution >= 0.6 is 0 Å². The predicted octanol–water partition coefficient (Wildman–Crippen LogP) is 13.1. The highest BCUT2D eigenvalue weighted by Gasteiger charge is 2.63. The molecule has 0 bridgehead atoms. The quantitative estimate of drug-likeness (QED) is 0.0127. The Morgan fingerprint density at radius 3 is 1.34 bits per heavy atom. The number of benzene rings is 6. The molecule has 8 atom stereocenters. The van der Waals surface area contributed by atoms with Crippen LogP contribution in [0.15, 0.2) is 193 Å². The minimum Gasteiger partial charge on any atom is -0.497 e. The van der Waals surface area contributed by atoms with Gasteiger partial charge in [-0.15, -0.1) is 13.2 Å². The zero-order valence-corrected chi connectivity index (χ0v) is 71.1. The lowest BCUT2D eigenvalue weighted by Crippen LogP contribution is -2.56. The van der Waals surface area contributed by atoms with Crippen molar-refractivity contribution in [1.82, 2.24) is 40.3 Å². The monoisotopic (exact) mass is 1720 g/mol. The van der Waals surface area contributed by atoms with Crippen molar-refractivity contribution in [3.8, 4) is 45.5 Å². The Hall–Kier alpha value is -12.3. The van der Waals surface area contributed by atoms with E-state index in [4.69, 9.17) is 43.9 Å². The molecular formula is C91H106N10O20S2. The van der Waals surface area contributed by atoms with Crippen molar-refractivity contribution in [1.29, 1.82) is 0 Å². The van der Waals surface area contributed by atoms with Crippen LogP contribution in [0, 0.1) is 11.8 Å². The van der Waals surface area contributed by atoms with Gasteiger partial charge >= 0.3 is 18.0 Å². The average molecular weight is 1720 g/mol. The SMILES string of the molecule is C=C[C@@H]1C[C@]1(NC(=O)[C@@H]1C[C@@H](Oc2cc(-c3ccccc3)nc3cc(OC)ccc23)CN1)C(=O)NS(=O)(=O)c1ccccc1NC(=O)CCCCCCCCC(=O)O.C=C[C@@H]1C[C@]1(NC(=O)[C@@H]1C[C@@H](Oc2cc(-c3ccccc3)nc3cc(OC)ccc23)CN1C(=O)OC(C)(C)C)C(=O)NS(=O)(=O)c1ccccc1NC(=O)CCCCCCCCC(=O)O. The lowest BCUT2D eigenvalue weighted by molar-refractivity contribution is -0.138. The number of carbonyl (C=O) groups is 9. The van der Waals surface area contributed by atoms with Gasteiger partial charge in [-0.25, -0.2) is 41.0 Å². The van der Waals surface area contributed by atoms with Gasteiger partial charge in [0, 0.05) is 103 Å². The third-order valence-corrected chi connectivity index (χ3v) is 24.6. The Morgan fingerprint density at radius 1 is 0.520 bits per heavy atom. The van der Waals surface area contributed by atoms with Crippen molar-refractivity contribution in [2.24, 2.45) is 11.8 Å². The fraction of sp³-hybridized carbons (Fsp3) is 0.396. The lowest BCUT2D eigenvalue weighted by atomic mass is 10.1. The molecule has 2 aromatic heterocycles. The number of unbranched alkanes of at least 4 members (excludes halogenated alkanes) is 10. The summed E-state index contributed by atoms with van der Waals surface area (Å²) in [6.45, 7) is 13.0. The molecule has 2 saturated carbocycles. The maximum atomic E-state index is 14.4. The first kappa shape index (κ1) is 91.5. The highest BCUT2D eigenvalue weighted by Crippen LogP contribution is 2.47.